The minimum atomic E-state index is -9.87. The Morgan fingerprint density at radius 3 is 2.10 bits per heavy atom. The Labute approximate surface area is 228 Å². The Morgan fingerprint density at radius 2 is 1.54 bits per heavy atom. The third-order valence-corrected chi connectivity index (χ3v) is 7.60. The molecule has 0 aliphatic carbocycles. The van der Waals surface area contributed by atoms with E-state index in [1.807, 2.05) is 0 Å². The molecule has 1 fully saturated rings. The molecule has 1 aliphatic rings. The van der Waals surface area contributed by atoms with E-state index in [9.17, 15) is 42.2 Å². The summed E-state index contributed by atoms with van der Waals surface area (Å²) in [4.78, 5) is 26.3. The molecular formula is C26H20F8N4O2S. The van der Waals surface area contributed by atoms with Crippen LogP contribution in [0.4, 0.5) is 54.5 Å². The lowest BCUT2D eigenvalue weighted by Gasteiger charge is -2.40. The molecule has 0 aromatic heterocycles. The van der Waals surface area contributed by atoms with Crippen LogP contribution in [0.3, 0.4) is 0 Å². The smallest absolute Gasteiger partial charge is 0.355 e. The van der Waals surface area contributed by atoms with E-state index in [4.69, 9.17) is 5.26 Å². The number of carbonyl (C=O) groups excluding carboxylic acids is 2. The van der Waals surface area contributed by atoms with Gasteiger partial charge in [-0.05, 0) is 67.9 Å². The minimum Gasteiger partial charge on any atom is -0.355 e. The van der Waals surface area contributed by atoms with Crippen LogP contribution in [-0.4, -0.2) is 22.4 Å². The monoisotopic (exact) mass is 604 g/mol. The lowest BCUT2D eigenvalue weighted by atomic mass is 10.0. The Hall–Kier alpha value is -4.32. The highest BCUT2D eigenvalue weighted by molar-refractivity contribution is 8.45. The van der Waals surface area contributed by atoms with Crippen molar-refractivity contribution in [2.45, 2.75) is 37.0 Å². The molecule has 1 heterocycles. The van der Waals surface area contributed by atoms with Gasteiger partial charge in [0.1, 0.15) is 10.4 Å². The standard InChI is InChI=1S/C26H20F8N4O2S/c1-25(2)23(39)38(19-10-7-16(14-35)21(13-19)26(27,28)29)24(40)37(25)15-17-5-3-4-6-22(17)36-18-8-11-20(12-9-18)41(30,31,32,33)34/h3-13,36H,15H2,1-2H3. The van der Waals surface area contributed by atoms with E-state index >= 15 is 0 Å². The summed E-state index contributed by atoms with van der Waals surface area (Å²) in [6, 6.07) is 11.2. The molecule has 0 bridgehead atoms. The van der Waals surface area contributed by atoms with E-state index in [0.29, 0.717) is 16.5 Å². The first-order valence-corrected chi connectivity index (χ1v) is 13.6. The maximum Gasteiger partial charge on any atom is 0.417 e. The number of benzene rings is 3. The Morgan fingerprint density at radius 1 is 0.927 bits per heavy atom. The molecule has 0 spiro atoms. The normalized spacial score (nSPS) is 17.2. The predicted molar refractivity (Wildman–Crippen MR) is 136 cm³/mol. The molecule has 0 radical (unpaired) electrons. The van der Waals surface area contributed by atoms with Crippen LogP contribution in [0.15, 0.2) is 71.6 Å². The fraction of sp³-hybridized carbons (Fsp3) is 0.192. The molecule has 218 valence electrons. The predicted octanol–water partition coefficient (Wildman–Crippen LogP) is 8.73. The van der Waals surface area contributed by atoms with Crippen molar-refractivity contribution in [2.24, 2.45) is 0 Å². The van der Waals surface area contributed by atoms with E-state index in [1.54, 1.807) is 12.1 Å². The highest BCUT2D eigenvalue weighted by Crippen LogP contribution is 3.02. The highest BCUT2D eigenvalue weighted by Gasteiger charge is 2.65. The van der Waals surface area contributed by atoms with Gasteiger partial charge in [-0.25, -0.2) is 9.69 Å². The van der Waals surface area contributed by atoms with Crippen LogP contribution in [0.2, 0.25) is 0 Å². The number of urea groups is 1. The van der Waals surface area contributed by atoms with Crippen molar-refractivity contribution in [3.63, 3.8) is 0 Å². The molecule has 0 saturated carbocycles. The number of hydrogen-bond donors (Lipinski definition) is 1. The maximum absolute atomic E-state index is 13.5. The minimum absolute atomic E-state index is 0.0185. The van der Waals surface area contributed by atoms with Crippen molar-refractivity contribution in [1.82, 2.24) is 4.90 Å². The lowest BCUT2D eigenvalue weighted by molar-refractivity contribution is -0.137. The van der Waals surface area contributed by atoms with Crippen molar-refractivity contribution in [3.05, 3.63) is 83.4 Å². The van der Waals surface area contributed by atoms with Crippen LogP contribution < -0.4 is 10.2 Å². The second-order valence-corrected chi connectivity index (χ2v) is 12.1. The van der Waals surface area contributed by atoms with Gasteiger partial charge in [-0.15, -0.1) is 0 Å². The third-order valence-electron chi connectivity index (χ3n) is 6.44. The first kappa shape index (κ1) is 29.7. The number of halogens is 8. The topological polar surface area (TPSA) is 76.4 Å². The van der Waals surface area contributed by atoms with Gasteiger partial charge in [0.2, 0.25) is 0 Å². The number of hydrogen-bond acceptors (Lipinski definition) is 4. The van der Waals surface area contributed by atoms with Crippen LogP contribution in [0.5, 0.6) is 0 Å². The molecule has 1 N–H and O–H groups in total. The first-order chi connectivity index (χ1) is 18.6. The van der Waals surface area contributed by atoms with Crippen molar-refractivity contribution < 1.29 is 42.2 Å². The average molecular weight is 605 g/mol. The number of carbonyl (C=O) groups is 2. The number of para-hydroxylation sites is 1. The van der Waals surface area contributed by atoms with Gasteiger partial charge in [0, 0.05) is 11.4 Å². The molecule has 1 aliphatic heterocycles. The van der Waals surface area contributed by atoms with E-state index in [1.165, 1.54) is 32.0 Å². The van der Waals surface area contributed by atoms with Crippen LogP contribution in [0.25, 0.3) is 0 Å². The summed E-state index contributed by atoms with van der Waals surface area (Å²) in [7, 11) is -9.87. The zero-order valence-corrected chi connectivity index (χ0v) is 22.0. The van der Waals surface area contributed by atoms with E-state index in [0.717, 1.165) is 29.2 Å². The second kappa shape index (κ2) is 8.84. The second-order valence-electron chi connectivity index (χ2n) is 9.68. The summed E-state index contributed by atoms with van der Waals surface area (Å²) in [6.45, 7) is 2.51. The number of nitriles is 1. The molecule has 0 unspecified atom stereocenters. The summed E-state index contributed by atoms with van der Waals surface area (Å²) in [5.74, 6) is -0.836. The van der Waals surface area contributed by atoms with Crippen molar-refractivity contribution in [2.75, 3.05) is 10.2 Å². The molecular weight excluding hydrogens is 584 g/mol. The van der Waals surface area contributed by atoms with Crippen LogP contribution in [-0.2, 0) is 17.5 Å². The molecule has 41 heavy (non-hydrogen) atoms. The van der Waals surface area contributed by atoms with E-state index in [-0.39, 0.29) is 30.1 Å². The average Bonchev–Trinajstić information content (AvgIpc) is 3.02. The molecule has 3 aromatic carbocycles. The number of nitrogens with one attached hydrogen (secondary N) is 1. The van der Waals surface area contributed by atoms with Gasteiger partial charge in [-0.2, -0.15) is 18.4 Å². The molecule has 1 saturated heterocycles. The zero-order valence-electron chi connectivity index (χ0n) is 21.1. The van der Waals surface area contributed by atoms with Gasteiger partial charge >= 0.3 is 22.4 Å². The summed E-state index contributed by atoms with van der Waals surface area (Å²) < 4.78 is 106. The van der Waals surface area contributed by atoms with Crippen LogP contribution in [0.1, 0.15) is 30.5 Å². The quantitative estimate of drug-likeness (QED) is 0.226. The molecule has 6 nitrogen and oxygen atoms in total. The fourth-order valence-electron chi connectivity index (χ4n) is 4.23. The molecule has 0 atom stereocenters. The molecule has 3 aromatic rings. The van der Waals surface area contributed by atoms with Crippen molar-refractivity contribution in [1.29, 1.82) is 5.26 Å². The van der Waals surface area contributed by atoms with Crippen molar-refractivity contribution in [3.8, 4) is 6.07 Å². The number of anilines is 3. The van der Waals surface area contributed by atoms with Gasteiger partial charge in [-0.3, -0.25) is 4.79 Å². The van der Waals surface area contributed by atoms with Gasteiger partial charge in [0.05, 0.1) is 29.4 Å². The third kappa shape index (κ3) is 5.78. The summed E-state index contributed by atoms with van der Waals surface area (Å²) in [5.41, 5.74) is -3.30. The molecule has 15 heteroatoms. The van der Waals surface area contributed by atoms with Crippen LogP contribution >= 0.6 is 10.2 Å². The van der Waals surface area contributed by atoms with Gasteiger partial charge < -0.3 is 10.2 Å². The van der Waals surface area contributed by atoms with Gasteiger partial charge in [-0.1, -0.05) is 37.6 Å². The summed E-state index contributed by atoms with van der Waals surface area (Å²) in [5, 5.41) is 11.8. The van der Waals surface area contributed by atoms with Crippen LogP contribution in [0, 0.1) is 11.3 Å². The Kier molecular flexibility index (Phi) is 6.39. The van der Waals surface area contributed by atoms with Crippen molar-refractivity contribution >= 4 is 39.2 Å². The Bertz CT molecular complexity index is 1600. The lowest BCUT2D eigenvalue weighted by Crippen LogP contribution is -2.43. The highest BCUT2D eigenvalue weighted by atomic mass is 32.5. The first-order valence-electron chi connectivity index (χ1n) is 11.6. The van der Waals surface area contributed by atoms with Gasteiger partial charge in [0.15, 0.2) is 0 Å². The SMILES string of the molecule is CC1(C)C(=O)N(c2ccc(C#N)c(C(F)(F)F)c2)C(=O)N1Cc1ccccc1Nc1ccc(S(F)(F)(F)(F)F)cc1. The van der Waals surface area contributed by atoms with E-state index < -0.39 is 55.6 Å². The largest absolute Gasteiger partial charge is 0.417 e. The number of rotatable bonds is 6. The maximum atomic E-state index is 13.5. The van der Waals surface area contributed by atoms with E-state index in [2.05, 4.69) is 5.32 Å². The zero-order chi connectivity index (χ0) is 30.7. The van der Waals surface area contributed by atoms with Gasteiger partial charge in [0.25, 0.3) is 5.91 Å². The fourth-order valence-corrected chi connectivity index (χ4v) is 4.88. The number of imide groups is 1. The Balaban J connectivity index is 1.65. The number of amides is 3. The molecule has 3 amide bonds. The summed E-state index contributed by atoms with van der Waals surface area (Å²) in [6.07, 6.45) is -4.93. The molecule has 4 rings (SSSR count). The number of nitrogens with zero attached hydrogens (tertiary/aromatic N) is 3. The summed E-state index contributed by atoms with van der Waals surface area (Å²) >= 11 is 0. The number of alkyl halides is 3.